The van der Waals surface area contributed by atoms with Gasteiger partial charge in [0, 0.05) is 6.54 Å². The molecule has 0 heterocycles. The van der Waals surface area contributed by atoms with Gasteiger partial charge in [-0.05, 0) is 25.0 Å². The van der Waals surface area contributed by atoms with Gasteiger partial charge in [-0.25, -0.2) is 0 Å². The molecule has 0 unspecified atom stereocenters. The zero-order valence-electron chi connectivity index (χ0n) is 10.7. The first-order chi connectivity index (χ1) is 8.09. The fourth-order valence-corrected chi connectivity index (χ4v) is 1.95. The number of para-hydroxylation sites is 1. The zero-order valence-corrected chi connectivity index (χ0v) is 12.3. The third-order valence-electron chi connectivity index (χ3n) is 3.35. The van der Waals surface area contributed by atoms with Crippen LogP contribution in [0.2, 0.25) is 5.02 Å². The topological polar surface area (TPSA) is 55.1 Å². The van der Waals surface area contributed by atoms with Gasteiger partial charge in [-0.15, -0.1) is 12.4 Å². The van der Waals surface area contributed by atoms with Crippen LogP contribution in [0, 0.1) is 5.41 Å². The highest BCUT2D eigenvalue weighted by Gasteiger charge is 2.33. The van der Waals surface area contributed by atoms with E-state index >= 15 is 0 Å². The fourth-order valence-electron chi connectivity index (χ4n) is 1.77. The number of carbonyl (C=O) groups excluding carboxylic acids is 1. The minimum Gasteiger partial charge on any atom is -0.329 e. The number of nitrogens with two attached hydrogens (primary N) is 1. The molecule has 1 rings (SSSR count). The van der Waals surface area contributed by atoms with Gasteiger partial charge < -0.3 is 11.1 Å². The van der Waals surface area contributed by atoms with E-state index in [-0.39, 0.29) is 18.3 Å². The lowest BCUT2D eigenvalue weighted by atomic mass is 9.81. The van der Waals surface area contributed by atoms with Crippen molar-refractivity contribution in [2.24, 2.45) is 11.1 Å². The second kappa shape index (κ2) is 7.62. The van der Waals surface area contributed by atoms with Gasteiger partial charge in [0.15, 0.2) is 0 Å². The van der Waals surface area contributed by atoms with Crippen molar-refractivity contribution in [3.05, 3.63) is 29.3 Å². The first kappa shape index (κ1) is 17.2. The molecular formula is C13H20Cl2N2O. The smallest absolute Gasteiger partial charge is 0.231 e. The Labute approximate surface area is 119 Å². The summed E-state index contributed by atoms with van der Waals surface area (Å²) in [5.74, 6) is -0.0573. The van der Waals surface area contributed by atoms with E-state index in [2.05, 4.69) is 5.32 Å². The van der Waals surface area contributed by atoms with Crippen molar-refractivity contribution in [3.8, 4) is 0 Å². The predicted octanol–water partition coefficient (Wildman–Crippen LogP) is 3.47. The summed E-state index contributed by atoms with van der Waals surface area (Å²) >= 11 is 6.00. The molecule has 3 N–H and O–H groups in total. The summed E-state index contributed by atoms with van der Waals surface area (Å²) in [4.78, 5) is 12.2. The molecule has 1 aromatic carbocycles. The second-order valence-corrected chi connectivity index (χ2v) is 4.53. The molecule has 0 bridgehead atoms. The van der Waals surface area contributed by atoms with Crippen LogP contribution in [-0.4, -0.2) is 12.5 Å². The third-order valence-corrected chi connectivity index (χ3v) is 3.68. The maximum Gasteiger partial charge on any atom is 0.231 e. The van der Waals surface area contributed by atoms with Crippen LogP contribution in [0.25, 0.3) is 0 Å². The number of anilines is 1. The Balaban J connectivity index is 0.00000289. The molecule has 5 heteroatoms. The molecule has 102 valence electrons. The van der Waals surface area contributed by atoms with Crippen molar-refractivity contribution >= 4 is 35.6 Å². The molecule has 18 heavy (non-hydrogen) atoms. The maximum absolute atomic E-state index is 12.2. The molecule has 0 fully saturated rings. The minimum atomic E-state index is -0.501. The summed E-state index contributed by atoms with van der Waals surface area (Å²) in [6.45, 7) is 4.29. The van der Waals surface area contributed by atoms with Gasteiger partial charge in [-0.1, -0.05) is 37.6 Å². The molecule has 0 spiro atoms. The van der Waals surface area contributed by atoms with Crippen LogP contribution < -0.4 is 11.1 Å². The molecule has 0 aliphatic rings. The van der Waals surface area contributed by atoms with E-state index in [1.54, 1.807) is 12.1 Å². The standard InChI is InChI=1S/C13H19ClN2O.ClH/c1-3-13(4-2,9-15)12(17)16-11-8-6-5-7-10(11)14;/h5-8H,3-4,9,15H2,1-2H3,(H,16,17);1H. The average Bonchev–Trinajstić information content (AvgIpc) is 2.35. The van der Waals surface area contributed by atoms with Gasteiger partial charge in [0.1, 0.15) is 0 Å². The van der Waals surface area contributed by atoms with Crippen molar-refractivity contribution < 1.29 is 4.79 Å². The molecule has 1 aromatic rings. The van der Waals surface area contributed by atoms with Crippen molar-refractivity contribution in [3.63, 3.8) is 0 Å². The molecule has 1 amide bonds. The molecule has 0 radical (unpaired) electrons. The molecule has 0 saturated heterocycles. The zero-order chi connectivity index (χ0) is 12.9. The first-order valence-corrected chi connectivity index (χ1v) is 6.23. The maximum atomic E-state index is 12.2. The lowest BCUT2D eigenvalue weighted by Gasteiger charge is -2.28. The van der Waals surface area contributed by atoms with Crippen LogP contribution in [0.5, 0.6) is 0 Å². The lowest BCUT2D eigenvalue weighted by Crippen LogP contribution is -2.41. The van der Waals surface area contributed by atoms with E-state index in [1.165, 1.54) is 0 Å². The number of rotatable bonds is 5. The van der Waals surface area contributed by atoms with Gasteiger partial charge in [-0.3, -0.25) is 4.79 Å². The largest absolute Gasteiger partial charge is 0.329 e. The van der Waals surface area contributed by atoms with Gasteiger partial charge in [-0.2, -0.15) is 0 Å². The fraction of sp³-hybridized carbons (Fsp3) is 0.462. The quantitative estimate of drug-likeness (QED) is 0.872. The van der Waals surface area contributed by atoms with Crippen molar-refractivity contribution in [1.29, 1.82) is 0 Å². The Hall–Kier alpha value is -0.770. The number of hydrogen-bond acceptors (Lipinski definition) is 2. The minimum absolute atomic E-state index is 0. The SMILES string of the molecule is CCC(CC)(CN)C(=O)Nc1ccccc1Cl.Cl. The van der Waals surface area contributed by atoms with E-state index in [9.17, 15) is 4.79 Å². The summed E-state index contributed by atoms with van der Waals surface area (Å²) in [7, 11) is 0. The highest BCUT2D eigenvalue weighted by atomic mass is 35.5. The number of halogens is 2. The number of amides is 1. The van der Waals surface area contributed by atoms with Crippen LogP contribution in [0.4, 0.5) is 5.69 Å². The van der Waals surface area contributed by atoms with Gasteiger partial charge in [0.05, 0.1) is 16.1 Å². The molecule has 0 aromatic heterocycles. The van der Waals surface area contributed by atoms with Crippen molar-refractivity contribution in [1.82, 2.24) is 0 Å². The highest BCUT2D eigenvalue weighted by molar-refractivity contribution is 6.33. The van der Waals surface area contributed by atoms with Crippen LogP contribution in [0.15, 0.2) is 24.3 Å². The van der Waals surface area contributed by atoms with Crippen LogP contribution in [0.3, 0.4) is 0 Å². The summed E-state index contributed by atoms with van der Waals surface area (Å²) in [6.07, 6.45) is 1.44. The number of hydrogen-bond donors (Lipinski definition) is 2. The second-order valence-electron chi connectivity index (χ2n) is 4.13. The predicted molar refractivity (Wildman–Crippen MR) is 79.4 cm³/mol. The summed E-state index contributed by atoms with van der Waals surface area (Å²) in [5, 5.41) is 3.39. The summed E-state index contributed by atoms with van der Waals surface area (Å²) < 4.78 is 0. The number of carbonyl (C=O) groups is 1. The monoisotopic (exact) mass is 290 g/mol. The Morgan fingerprint density at radius 3 is 2.33 bits per heavy atom. The van der Waals surface area contributed by atoms with Crippen molar-refractivity contribution in [2.45, 2.75) is 26.7 Å². The average molecular weight is 291 g/mol. The summed E-state index contributed by atoms with van der Waals surface area (Å²) in [6, 6.07) is 7.20. The Morgan fingerprint density at radius 1 is 1.33 bits per heavy atom. The molecular weight excluding hydrogens is 271 g/mol. The van der Waals surface area contributed by atoms with E-state index < -0.39 is 5.41 Å². The molecule has 0 aliphatic heterocycles. The lowest BCUT2D eigenvalue weighted by molar-refractivity contribution is -0.125. The Kier molecular flexibility index (Phi) is 7.29. The molecule has 0 aliphatic carbocycles. The molecule has 0 atom stereocenters. The molecule has 0 saturated carbocycles. The molecule has 3 nitrogen and oxygen atoms in total. The van der Waals surface area contributed by atoms with Gasteiger partial charge in [0.2, 0.25) is 5.91 Å². The Morgan fingerprint density at radius 2 is 1.89 bits per heavy atom. The first-order valence-electron chi connectivity index (χ1n) is 5.85. The van der Waals surface area contributed by atoms with Gasteiger partial charge in [0.25, 0.3) is 0 Å². The third kappa shape index (κ3) is 3.61. The normalized spacial score (nSPS) is 10.7. The van der Waals surface area contributed by atoms with Gasteiger partial charge >= 0.3 is 0 Å². The van der Waals surface area contributed by atoms with Crippen LogP contribution in [-0.2, 0) is 4.79 Å². The summed E-state index contributed by atoms with van der Waals surface area (Å²) in [5.41, 5.74) is 5.86. The van der Waals surface area contributed by atoms with Crippen LogP contribution >= 0.6 is 24.0 Å². The number of nitrogens with one attached hydrogen (secondary N) is 1. The van der Waals surface area contributed by atoms with Crippen LogP contribution in [0.1, 0.15) is 26.7 Å². The van der Waals surface area contributed by atoms with E-state index in [1.807, 2.05) is 26.0 Å². The van der Waals surface area contributed by atoms with E-state index in [0.717, 1.165) is 12.8 Å². The highest BCUT2D eigenvalue weighted by Crippen LogP contribution is 2.28. The number of benzene rings is 1. The van der Waals surface area contributed by atoms with E-state index in [4.69, 9.17) is 17.3 Å². The van der Waals surface area contributed by atoms with E-state index in [0.29, 0.717) is 17.3 Å². The van der Waals surface area contributed by atoms with Crippen molar-refractivity contribution in [2.75, 3.05) is 11.9 Å². The Bertz CT molecular complexity index is 384.